The van der Waals surface area contributed by atoms with Crippen LogP contribution in [0, 0.1) is 11.8 Å². The van der Waals surface area contributed by atoms with E-state index in [4.69, 9.17) is 9.47 Å². The predicted molar refractivity (Wildman–Crippen MR) is 112 cm³/mol. The molecule has 0 radical (unpaired) electrons. The summed E-state index contributed by atoms with van der Waals surface area (Å²) in [6.07, 6.45) is 0. The van der Waals surface area contributed by atoms with Gasteiger partial charge in [-0.05, 0) is 42.5 Å². The zero-order chi connectivity index (χ0) is 20.7. The summed E-state index contributed by atoms with van der Waals surface area (Å²) in [5.74, 6) is 7.14. The molecule has 0 saturated carbocycles. The second-order valence-corrected chi connectivity index (χ2v) is 7.82. The fourth-order valence-corrected chi connectivity index (χ4v) is 3.88. The van der Waals surface area contributed by atoms with Crippen LogP contribution < -0.4 is 14.2 Å². The van der Waals surface area contributed by atoms with Gasteiger partial charge in [-0.15, -0.1) is 0 Å². The summed E-state index contributed by atoms with van der Waals surface area (Å²) < 4.78 is 39.3. The van der Waals surface area contributed by atoms with Crippen molar-refractivity contribution in [1.82, 2.24) is 4.72 Å². The zero-order valence-corrected chi connectivity index (χ0v) is 16.9. The van der Waals surface area contributed by atoms with Gasteiger partial charge < -0.3 is 9.47 Å². The summed E-state index contributed by atoms with van der Waals surface area (Å²) in [6.45, 7) is 0. The molecule has 3 aromatic carbocycles. The minimum absolute atomic E-state index is 0.161. The number of sulfonamides is 1. The highest BCUT2D eigenvalue weighted by Crippen LogP contribution is 2.30. The summed E-state index contributed by atoms with van der Waals surface area (Å²) in [7, 11) is -0.733. The minimum Gasteiger partial charge on any atom is -0.497 e. The van der Waals surface area contributed by atoms with Crippen LogP contribution in [0.4, 0.5) is 0 Å². The van der Waals surface area contributed by atoms with Crippen LogP contribution in [-0.4, -0.2) is 22.6 Å². The Morgan fingerprint density at radius 3 is 2.14 bits per heavy atom. The minimum atomic E-state index is -3.81. The van der Waals surface area contributed by atoms with E-state index in [9.17, 15) is 8.42 Å². The Labute approximate surface area is 171 Å². The van der Waals surface area contributed by atoms with Gasteiger partial charge in [-0.2, -0.15) is 4.72 Å². The summed E-state index contributed by atoms with van der Waals surface area (Å²) in [5, 5.41) is 0. The second-order valence-electron chi connectivity index (χ2n) is 6.11. The molecule has 0 fully saturated rings. The van der Waals surface area contributed by atoms with E-state index in [1.54, 1.807) is 43.5 Å². The van der Waals surface area contributed by atoms with Crippen LogP contribution in [0.25, 0.3) is 0 Å². The smallest absolute Gasteiger partial charge is 0.241 e. The van der Waals surface area contributed by atoms with Crippen molar-refractivity contribution < 1.29 is 17.9 Å². The molecule has 0 aliphatic carbocycles. The monoisotopic (exact) mass is 407 g/mol. The van der Waals surface area contributed by atoms with Crippen molar-refractivity contribution >= 4 is 10.0 Å². The third-order valence-corrected chi connectivity index (χ3v) is 5.65. The Bertz CT molecular complexity index is 1120. The maximum Gasteiger partial charge on any atom is 0.241 e. The molecule has 0 aromatic heterocycles. The fourth-order valence-electron chi connectivity index (χ4n) is 2.74. The van der Waals surface area contributed by atoms with Gasteiger partial charge in [-0.1, -0.05) is 48.2 Å². The van der Waals surface area contributed by atoms with E-state index in [1.165, 1.54) is 19.2 Å². The number of benzene rings is 3. The van der Waals surface area contributed by atoms with E-state index >= 15 is 0 Å². The topological polar surface area (TPSA) is 64.6 Å². The van der Waals surface area contributed by atoms with Gasteiger partial charge in [0.15, 0.2) is 0 Å². The summed E-state index contributed by atoms with van der Waals surface area (Å²) in [5.41, 5.74) is 1.34. The average Bonchev–Trinajstić information content (AvgIpc) is 2.77. The zero-order valence-electron chi connectivity index (χ0n) is 16.1. The van der Waals surface area contributed by atoms with Crippen molar-refractivity contribution in [3.63, 3.8) is 0 Å². The van der Waals surface area contributed by atoms with Gasteiger partial charge in [0.2, 0.25) is 10.0 Å². The Morgan fingerprint density at radius 2 is 1.52 bits per heavy atom. The van der Waals surface area contributed by atoms with Gasteiger partial charge in [-0.3, -0.25) is 0 Å². The van der Waals surface area contributed by atoms with Gasteiger partial charge >= 0.3 is 0 Å². The van der Waals surface area contributed by atoms with Crippen LogP contribution in [0.5, 0.6) is 11.5 Å². The Hall–Kier alpha value is -3.27. The molecule has 3 rings (SSSR count). The first-order valence-corrected chi connectivity index (χ1v) is 10.4. The molecule has 1 unspecified atom stereocenters. The number of rotatable bonds is 6. The van der Waals surface area contributed by atoms with Crippen molar-refractivity contribution in [2.24, 2.45) is 0 Å². The fraction of sp³-hybridized carbons (Fsp3) is 0.130. The third kappa shape index (κ3) is 5.17. The van der Waals surface area contributed by atoms with E-state index in [0.717, 1.165) is 5.56 Å². The largest absolute Gasteiger partial charge is 0.497 e. The molecule has 0 aliphatic rings. The molecule has 3 aromatic rings. The first kappa shape index (κ1) is 20.5. The Morgan fingerprint density at radius 1 is 0.862 bits per heavy atom. The highest BCUT2D eigenvalue weighted by atomic mass is 32.2. The molecular weight excluding hydrogens is 386 g/mol. The lowest BCUT2D eigenvalue weighted by atomic mass is 10.1. The van der Waals surface area contributed by atoms with E-state index in [1.807, 2.05) is 30.3 Å². The molecule has 1 atom stereocenters. The molecule has 0 amide bonds. The van der Waals surface area contributed by atoms with Crippen LogP contribution in [0.2, 0.25) is 0 Å². The molecule has 6 heteroatoms. The Balaban J connectivity index is 2.07. The number of ether oxygens (including phenoxy) is 2. The molecular formula is C23H21NO4S. The van der Waals surface area contributed by atoms with Crippen molar-refractivity contribution in [2.75, 3.05) is 14.2 Å². The number of hydrogen-bond donors (Lipinski definition) is 1. The van der Waals surface area contributed by atoms with Gasteiger partial charge in [0, 0.05) is 11.1 Å². The number of hydrogen-bond acceptors (Lipinski definition) is 4. The molecule has 29 heavy (non-hydrogen) atoms. The summed E-state index contributed by atoms with van der Waals surface area (Å²) in [4.78, 5) is 0.161. The first-order chi connectivity index (χ1) is 14.0. The molecule has 0 saturated heterocycles. The third-order valence-electron chi connectivity index (χ3n) is 4.21. The van der Waals surface area contributed by atoms with Gasteiger partial charge in [-0.25, -0.2) is 8.42 Å². The standard InChI is InChI=1S/C23H21NO4S/c1-27-19-14-16-23(28-2)21(17-19)22(15-13-18-9-5-3-6-10-18)24-29(25,26)20-11-7-4-8-12-20/h3-12,14,16-17,22,24H,1-2H3. The van der Waals surface area contributed by atoms with E-state index < -0.39 is 16.1 Å². The van der Waals surface area contributed by atoms with Crippen molar-refractivity contribution in [1.29, 1.82) is 0 Å². The maximum atomic E-state index is 12.9. The maximum absolute atomic E-state index is 12.9. The lowest BCUT2D eigenvalue weighted by molar-refractivity contribution is 0.397. The highest BCUT2D eigenvalue weighted by molar-refractivity contribution is 7.89. The average molecular weight is 407 g/mol. The van der Waals surface area contributed by atoms with Gasteiger partial charge in [0.1, 0.15) is 17.5 Å². The van der Waals surface area contributed by atoms with E-state index in [2.05, 4.69) is 16.6 Å². The number of nitrogens with one attached hydrogen (secondary N) is 1. The lowest BCUT2D eigenvalue weighted by Gasteiger charge is -2.18. The normalized spacial score (nSPS) is 11.8. The molecule has 0 aliphatic heterocycles. The molecule has 0 heterocycles. The van der Waals surface area contributed by atoms with Crippen molar-refractivity contribution in [2.45, 2.75) is 10.9 Å². The van der Waals surface area contributed by atoms with Crippen LogP contribution in [0.3, 0.4) is 0 Å². The van der Waals surface area contributed by atoms with Gasteiger partial charge in [0.05, 0.1) is 19.1 Å². The van der Waals surface area contributed by atoms with E-state index in [0.29, 0.717) is 17.1 Å². The SMILES string of the molecule is COc1ccc(OC)c(C(C#Cc2ccccc2)NS(=O)(=O)c2ccccc2)c1. The van der Waals surface area contributed by atoms with Gasteiger partial charge in [0.25, 0.3) is 0 Å². The highest BCUT2D eigenvalue weighted by Gasteiger charge is 2.23. The van der Waals surface area contributed by atoms with E-state index in [-0.39, 0.29) is 4.90 Å². The van der Waals surface area contributed by atoms with Crippen molar-refractivity contribution in [3.8, 4) is 23.3 Å². The molecule has 5 nitrogen and oxygen atoms in total. The van der Waals surface area contributed by atoms with Crippen LogP contribution in [0.15, 0.2) is 83.8 Å². The first-order valence-electron chi connectivity index (χ1n) is 8.89. The molecule has 148 valence electrons. The number of methoxy groups -OCH3 is 2. The summed E-state index contributed by atoms with van der Waals surface area (Å²) in [6, 6.07) is 21.9. The Kier molecular flexibility index (Phi) is 6.55. The van der Waals surface area contributed by atoms with Crippen LogP contribution in [0.1, 0.15) is 17.2 Å². The molecule has 1 N–H and O–H groups in total. The molecule has 0 spiro atoms. The van der Waals surface area contributed by atoms with Crippen molar-refractivity contribution in [3.05, 3.63) is 90.0 Å². The van der Waals surface area contributed by atoms with Crippen LogP contribution >= 0.6 is 0 Å². The predicted octanol–water partition coefficient (Wildman–Crippen LogP) is 3.78. The quantitative estimate of drug-likeness (QED) is 0.632. The van der Waals surface area contributed by atoms with Crippen LogP contribution in [-0.2, 0) is 10.0 Å². The second kappa shape index (κ2) is 9.28. The summed E-state index contributed by atoms with van der Waals surface area (Å²) >= 11 is 0. The molecule has 0 bridgehead atoms. The lowest BCUT2D eigenvalue weighted by Crippen LogP contribution is -2.28.